The minimum atomic E-state index is -3.11. The molecule has 1 aromatic carbocycles. The highest BCUT2D eigenvalue weighted by Crippen LogP contribution is 2.13. The smallest absolute Gasteiger partial charge is 0.419 e. The predicted octanol–water partition coefficient (Wildman–Crippen LogP) is 0.220. The Balaban J connectivity index is 1.52. The number of aromatic nitrogens is 1. The quantitative estimate of drug-likeness (QED) is 0.693. The molecule has 1 aliphatic heterocycles. The second-order valence-corrected chi connectivity index (χ2v) is 8.71. The van der Waals surface area contributed by atoms with Gasteiger partial charge in [-0.15, -0.1) is 0 Å². The van der Waals surface area contributed by atoms with Crippen LogP contribution in [0.1, 0.15) is 19.8 Å². The average molecular weight is 396 g/mol. The maximum atomic E-state index is 12.1. The molecule has 0 saturated carbocycles. The number of hydrogen-bond acceptors (Lipinski definition) is 7. The van der Waals surface area contributed by atoms with Gasteiger partial charge in [0.05, 0.1) is 23.4 Å². The maximum absolute atomic E-state index is 12.1. The van der Waals surface area contributed by atoms with Gasteiger partial charge in [-0.25, -0.2) is 13.2 Å². The number of benzene rings is 1. The Morgan fingerprint density at radius 3 is 2.81 bits per heavy atom. The lowest BCUT2D eigenvalue weighted by Crippen LogP contribution is -2.42. The average Bonchev–Trinajstić information content (AvgIpc) is 3.10. The fourth-order valence-corrected chi connectivity index (χ4v) is 4.64. The Morgan fingerprint density at radius 2 is 2.11 bits per heavy atom. The van der Waals surface area contributed by atoms with Crippen LogP contribution in [0.2, 0.25) is 0 Å². The minimum Gasteiger partial charge on any atom is -0.452 e. The Hall–Kier alpha value is -2.62. The second kappa shape index (κ2) is 7.55. The minimum absolute atomic E-state index is 0.0412. The van der Waals surface area contributed by atoms with Gasteiger partial charge >= 0.3 is 11.7 Å². The number of nitrogens with one attached hydrogen (secondary N) is 1. The molecule has 27 heavy (non-hydrogen) atoms. The van der Waals surface area contributed by atoms with Crippen LogP contribution in [0.15, 0.2) is 33.5 Å². The van der Waals surface area contributed by atoms with E-state index < -0.39 is 39.6 Å². The number of oxazole rings is 1. The highest BCUT2D eigenvalue weighted by molar-refractivity contribution is 7.91. The third-order valence-corrected chi connectivity index (χ3v) is 6.14. The summed E-state index contributed by atoms with van der Waals surface area (Å²) in [4.78, 5) is 35.9. The summed E-state index contributed by atoms with van der Waals surface area (Å²) in [7, 11) is -3.11. The molecule has 2 heterocycles. The first-order chi connectivity index (χ1) is 12.7. The molecule has 1 saturated heterocycles. The summed E-state index contributed by atoms with van der Waals surface area (Å²) in [5.41, 5.74) is 0.999. The molecule has 0 aliphatic carbocycles. The van der Waals surface area contributed by atoms with Crippen LogP contribution < -0.4 is 11.1 Å². The zero-order valence-electron chi connectivity index (χ0n) is 14.7. The standard InChI is InChI=1S/C17H20N2O7S/c1-11(16(21)18-12-7-9-27(23,24)10-12)25-15(20)6-8-19-13-4-2-3-5-14(13)26-17(19)22/h2-5,11-12H,6-10H2,1H3,(H,18,21)/t11-,12-/m1/s1. The molecule has 1 N–H and O–H groups in total. The fraction of sp³-hybridized carbons (Fsp3) is 0.471. The molecule has 0 unspecified atom stereocenters. The molecule has 3 rings (SSSR count). The number of esters is 1. The van der Waals surface area contributed by atoms with Crippen LogP contribution in [0.3, 0.4) is 0 Å². The predicted molar refractivity (Wildman–Crippen MR) is 95.8 cm³/mol. The number of nitrogens with zero attached hydrogens (tertiary/aromatic N) is 1. The summed E-state index contributed by atoms with van der Waals surface area (Å²) in [6, 6.07) is 6.39. The number of fused-ring (bicyclic) bond motifs is 1. The van der Waals surface area contributed by atoms with E-state index >= 15 is 0 Å². The number of ether oxygens (including phenoxy) is 1. The van der Waals surface area contributed by atoms with Crippen molar-refractivity contribution in [2.45, 2.75) is 38.5 Å². The van der Waals surface area contributed by atoms with Gasteiger partial charge in [0, 0.05) is 12.6 Å². The van der Waals surface area contributed by atoms with Gasteiger partial charge in [-0.05, 0) is 25.5 Å². The van der Waals surface area contributed by atoms with Gasteiger partial charge in [-0.3, -0.25) is 14.2 Å². The van der Waals surface area contributed by atoms with Crippen molar-refractivity contribution in [2.75, 3.05) is 11.5 Å². The maximum Gasteiger partial charge on any atom is 0.419 e. The molecule has 0 bridgehead atoms. The van der Waals surface area contributed by atoms with E-state index in [1.54, 1.807) is 24.3 Å². The van der Waals surface area contributed by atoms with Gasteiger partial charge in [0.2, 0.25) is 0 Å². The van der Waals surface area contributed by atoms with E-state index in [1.165, 1.54) is 11.5 Å². The molecule has 146 valence electrons. The lowest BCUT2D eigenvalue weighted by Gasteiger charge is -2.16. The van der Waals surface area contributed by atoms with Crippen LogP contribution in [0.25, 0.3) is 11.1 Å². The first-order valence-electron chi connectivity index (χ1n) is 8.54. The molecule has 0 spiro atoms. The molecule has 9 nitrogen and oxygen atoms in total. The summed E-state index contributed by atoms with van der Waals surface area (Å²) in [5.74, 6) is -1.82. The number of carbonyl (C=O) groups excluding carboxylic acids is 2. The van der Waals surface area contributed by atoms with E-state index in [1.807, 2.05) is 0 Å². The Kier molecular flexibility index (Phi) is 5.36. The van der Waals surface area contributed by atoms with Gasteiger partial charge in [0.25, 0.3) is 5.91 Å². The van der Waals surface area contributed by atoms with Crippen LogP contribution in [0.4, 0.5) is 0 Å². The van der Waals surface area contributed by atoms with Crippen molar-refractivity contribution >= 4 is 32.8 Å². The molecule has 2 aromatic rings. The number of aryl methyl sites for hydroxylation is 1. The first-order valence-corrected chi connectivity index (χ1v) is 10.4. The Labute approximate surface area is 155 Å². The van der Waals surface area contributed by atoms with Crippen molar-refractivity contribution < 1.29 is 27.2 Å². The zero-order chi connectivity index (χ0) is 19.6. The topological polar surface area (TPSA) is 125 Å². The van der Waals surface area contributed by atoms with Gasteiger partial charge in [-0.2, -0.15) is 0 Å². The van der Waals surface area contributed by atoms with E-state index in [9.17, 15) is 22.8 Å². The van der Waals surface area contributed by atoms with Crippen LogP contribution in [-0.2, 0) is 30.7 Å². The van der Waals surface area contributed by atoms with Gasteiger partial charge in [-0.1, -0.05) is 12.1 Å². The number of amides is 1. The molecule has 1 aliphatic rings. The number of carbonyl (C=O) groups is 2. The third kappa shape index (κ3) is 4.57. The van der Waals surface area contributed by atoms with Crippen LogP contribution in [0, 0.1) is 0 Å². The van der Waals surface area contributed by atoms with Crippen molar-refractivity contribution in [3.63, 3.8) is 0 Å². The molecule has 0 radical (unpaired) electrons. The molecule has 1 fully saturated rings. The van der Waals surface area contributed by atoms with E-state index in [0.29, 0.717) is 17.5 Å². The molecule has 1 aromatic heterocycles. The first kappa shape index (κ1) is 19.2. The van der Waals surface area contributed by atoms with Crippen molar-refractivity contribution in [1.29, 1.82) is 0 Å². The summed E-state index contributed by atoms with van der Waals surface area (Å²) in [6.07, 6.45) is -0.817. The highest BCUT2D eigenvalue weighted by atomic mass is 32.2. The van der Waals surface area contributed by atoms with Crippen LogP contribution in [-0.4, -0.2) is 48.5 Å². The van der Waals surface area contributed by atoms with E-state index in [4.69, 9.17) is 9.15 Å². The summed E-state index contributed by atoms with van der Waals surface area (Å²) >= 11 is 0. The van der Waals surface area contributed by atoms with Crippen molar-refractivity contribution in [3.8, 4) is 0 Å². The summed E-state index contributed by atoms with van der Waals surface area (Å²) < 4.78 is 34.3. The summed E-state index contributed by atoms with van der Waals surface area (Å²) in [5, 5.41) is 2.58. The lowest BCUT2D eigenvalue weighted by molar-refractivity contribution is -0.155. The number of sulfone groups is 1. The van der Waals surface area contributed by atoms with E-state index in [0.717, 1.165) is 0 Å². The molecule has 10 heteroatoms. The third-order valence-electron chi connectivity index (χ3n) is 4.37. The molecular weight excluding hydrogens is 376 g/mol. The van der Waals surface area contributed by atoms with Gasteiger partial charge < -0.3 is 14.5 Å². The van der Waals surface area contributed by atoms with Gasteiger partial charge in [0.1, 0.15) is 0 Å². The Bertz CT molecular complexity index is 1020. The summed E-state index contributed by atoms with van der Waals surface area (Å²) in [6.45, 7) is 1.47. The van der Waals surface area contributed by atoms with Crippen molar-refractivity contribution in [2.24, 2.45) is 0 Å². The lowest BCUT2D eigenvalue weighted by atomic mass is 10.2. The fourth-order valence-electron chi connectivity index (χ4n) is 2.97. The SMILES string of the molecule is C[C@@H](OC(=O)CCn1c(=O)oc2ccccc21)C(=O)N[C@@H]1CCS(=O)(=O)C1. The van der Waals surface area contributed by atoms with Crippen molar-refractivity contribution in [3.05, 3.63) is 34.8 Å². The number of para-hydroxylation sites is 2. The normalized spacial score (nSPS) is 19.7. The van der Waals surface area contributed by atoms with Gasteiger partial charge in [0.15, 0.2) is 21.5 Å². The largest absolute Gasteiger partial charge is 0.452 e. The Morgan fingerprint density at radius 1 is 1.37 bits per heavy atom. The highest BCUT2D eigenvalue weighted by Gasteiger charge is 2.30. The van der Waals surface area contributed by atoms with E-state index in [2.05, 4.69) is 5.32 Å². The van der Waals surface area contributed by atoms with E-state index in [-0.39, 0.29) is 24.5 Å². The molecule has 2 atom stereocenters. The number of hydrogen-bond donors (Lipinski definition) is 1. The van der Waals surface area contributed by atoms with Crippen LogP contribution in [0.5, 0.6) is 0 Å². The molecule has 1 amide bonds. The number of rotatable bonds is 6. The monoisotopic (exact) mass is 396 g/mol. The zero-order valence-corrected chi connectivity index (χ0v) is 15.5. The van der Waals surface area contributed by atoms with Crippen LogP contribution >= 0.6 is 0 Å². The second-order valence-electron chi connectivity index (χ2n) is 6.48. The molecular formula is C17H20N2O7S. The van der Waals surface area contributed by atoms with Crippen molar-refractivity contribution in [1.82, 2.24) is 9.88 Å².